The second kappa shape index (κ2) is 3.63. The van der Waals surface area contributed by atoms with Crippen LogP contribution in [0.5, 0.6) is 0 Å². The van der Waals surface area contributed by atoms with E-state index in [2.05, 4.69) is 15.6 Å². The highest BCUT2D eigenvalue weighted by Gasteiger charge is 2.04. The zero-order chi connectivity index (χ0) is 9.97. The van der Waals surface area contributed by atoms with Gasteiger partial charge in [0.2, 0.25) is 0 Å². The summed E-state index contributed by atoms with van der Waals surface area (Å²) in [7, 11) is 1.57. The van der Waals surface area contributed by atoms with E-state index in [0.717, 1.165) is 10.2 Å². The number of hydrogen-bond acceptors (Lipinski definition) is 3. The molecule has 1 aromatic carbocycles. The minimum absolute atomic E-state index is 0. The molecule has 0 bridgehead atoms. The van der Waals surface area contributed by atoms with Gasteiger partial charge in [-0.25, -0.2) is 9.78 Å². The second-order valence-electron chi connectivity index (χ2n) is 2.69. The first-order valence-electron chi connectivity index (χ1n) is 4.14. The van der Waals surface area contributed by atoms with Crippen molar-refractivity contribution in [2.75, 3.05) is 12.4 Å². The quantitative estimate of drug-likeness (QED) is 0.761. The Hall–Kier alpha value is -1.62. The van der Waals surface area contributed by atoms with Gasteiger partial charge in [-0.3, -0.25) is 5.32 Å². The normalized spacial score (nSPS) is 10.1. The molecule has 0 saturated carbocycles. The van der Waals surface area contributed by atoms with Crippen molar-refractivity contribution in [1.82, 2.24) is 10.3 Å². The molecule has 0 aliphatic heterocycles. The highest BCUT2D eigenvalue weighted by Crippen LogP contribution is 2.24. The van der Waals surface area contributed by atoms with Crippen LogP contribution in [0.3, 0.4) is 0 Å². The zero-order valence-electron chi connectivity index (χ0n) is 7.57. The Morgan fingerprint density at radius 1 is 1.50 bits per heavy atom. The van der Waals surface area contributed by atoms with E-state index in [1.165, 1.54) is 11.3 Å². The summed E-state index contributed by atoms with van der Waals surface area (Å²) < 4.78 is 1.07. The van der Waals surface area contributed by atoms with Crippen LogP contribution in [0.4, 0.5) is 9.93 Å². The number of carbonyl (C=O) groups is 1. The molecule has 0 saturated heterocycles. The molecule has 1 heterocycles. The molecule has 0 radical (unpaired) electrons. The number of nitrogens with zero attached hydrogens (tertiary/aromatic N) is 1. The summed E-state index contributed by atoms with van der Waals surface area (Å²) in [6, 6.07) is 7.52. The third-order valence-corrected chi connectivity index (χ3v) is 2.69. The summed E-state index contributed by atoms with van der Waals surface area (Å²) in [5, 5.41) is 5.73. The lowest BCUT2D eigenvalue weighted by atomic mass is 10.3. The molecule has 0 atom stereocenters. The minimum atomic E-state index is -0.246. The predicted octanol–water partition coefficient (Wildman–Crippen LogP) is 2.54. The van der Waals surface area contributed by atoms with Gasteiger partial charge in [-0.05, 0) is 12.1 Å². The van der Waals surface area contributed by atoms with Gasteiger partial charge in [0.15, 0.2) is 5.13 Å². The fourth-order valence-corrected chi connectivity index (χ4v) is 1.95. The minimum Gasteiger partial charge on any atom is -0.341 e. The second-order valence-corrected chi connectivity index (χ2v) is 3.72. The smallest absolute Gasteiger partial charge is 0.320 e. The van der Waals surface area contributed by atoms with Gasteiger partial charge < -0.3 is 5.32 Å². The van der Waals surface area contributed by atoms with Crippen molar-refractivity contribution < 1.29 is 7.65 Å². The number of hydrogen-bond donors (Lipinski definition) is 2. The van der Waals surface area contributed by atoms with Crippen LogP contribution in [0.2, 0.25) is 0 Å². The van der Waals surface area contributed by atoms with Crippen molar-refractivity contribution in [1.29, 1.82) is 0 Å². The average molecular weight is 211 g/mol. The number of urea groups is 1. The molecule has 2 N–H and O–H groups in total. The topological polar surface area (TPSA) is 54.0 Å². The van der Waals surface area contributed by atoms with E-state index in [-0.39, 0.29) is 8.88 Å². The number of aromatic nitrogens is 1. The van der Waals surface area contributed by atoms with Crippen molar-refractivity contribution in [2.45, 2.75) is 0 Å². The first kappa shape index (κ1) is 8.96. The van der Waals surface area contributed by atoms with Gasteiger partial charge in [-0.15, -0.1) is 0 Å². The summed E-state index contributed by atoms with van der Waals surface area (Å²) in [6.45, 7) is 0. The van der Waals surface area contributed by atoms with Crippen LogP contribution >= 0.6 is 11.3 Å². The molecule has 2 aromatic rings. The largest absolute Gasteiger partial charge is 0.341 e. The highest BCUT2D eigenvalue weighted by atomic mass is 32.1. The molecule has 0 aliphatic rings. The van der Waals surface area contributed by atoms with E-state index in [9.17, 15) is 4.79 Å². The van der Waals surface area contributed by atoms with Crippen LogP contribution in [0.25, 0.3) is 10.2 Å². The highest BCUT2D eigenvalue weighted by molar-refractivity contribution is 7.22. The molecule has 0 fully saturated rings. The summed E-state index contributed by atoms with van der Waals surface area (Å²) in [6.07, 6.45) is 0. The number of para-hydroxylation sites is 1. The van der Waals surface area contributed by atoms with Gasteiger partial charge in [-0.1, -0.05) is 23.5 Å². The van der Waals surface area contributed by atoms with Crippen LogP contribution in [-0.2, 0) is 0 Å². The van der Waals surface area contributed by atoms with Gasteiger partial charge in [-0.2, -0.15) is 0 Å². The summed E-state index contributed by atoms with van der Waals surface area (Å²) >= 11 is 1.46. The van der Waals surface area contributed by atoms with Crippen LogP contribution in [0.15, 0.2) is 24.3 Å². The van der Waals surface area contributed by atoms with E-state index in [0.29, 0.717) is 5.13 Å². The van der Waals surface area contributed by atoms with Crippen LogP contribution in [-0.4, -0.2) is 18.1 Å². The van der Waals surface area contributed by atoms with Crippen molar-refractivity contribution in [2.24, 2.45) is 0 Å². The van der Waals surface area contributed by atoms with Gasteiger partial charge in [0.25, 0.3) is 0 Å². The molecule has 14 heavy (non-hydrogen) atoms. The lowest BCUT2D eigenvalue weighted by molar-refractivity contribution is 0.254. The summed E-state index contributed by atoms with van der Waals surface area (Å²) in [5.74, 6) is 0. The number of fused-ring (bicyclic) bond motifs is 1. The molecule has 0 aliphatic carbocycles. The maximum Gasteiger partial charge on any atom is 0.320 e. The zero-order valence-corrected chi connectivity index (χ0v) is 8.39. The molecular weight excluding hydrogens is 198 g/mol. The van der Waals surface area contributed by atoms with Crippen LogP contribution in [0.1, 0.15) is 2.85 Å². The number of anilines is 1. The van der Waals surface area contributed by atoms with E-state index in [4.69, 9.17) is 0 Å². The molecule has 4 nitrogen and oxygen atoms in total. The third kappa shape index (κ3) is 1.67. The van der Waals surface area contributed by atoms with Crippen LogP contribution < -0.4 is 10.6 Å². The van der Waals surface area contributed by atoms with Crippen molar-refractivity contribution in [3.05, 3.63) is 24.3 Å². The van der Waals surface area contributed by atoms with E-state index >= 15 is 0 Å². The Balaban J connectivity index is 0.00000112. The first-order chi connectivity index (χ1) is 6.79. The Labute approximate surface area is 87.9 Å². The molecular formula is C9H13N3OS. The lowest BCUT2D eigenvalue weighted by Gasteiger charge is -1.97. The molecule has 5 heteroatoms. The number of nitrogens with one attached hydrogen (secondary N) is 2. The van der Waals surface area contributed by atoms with E-state index in [1.54, 1.807) is 7.05 Å². The summed E-state index contributed by atoms with van der Waals surface area (Å²) in [4.78, 5) is 15.2. The Kier molecular flexibility index (Phi) is 2.32. The third-order valence-electron chi connectivity index (χ3n) is 1.74. The van der Waals surface area contributed by atoms with Gasteiger partial charge in [0, 0.05) is 9.90 Å². The number of thiazole rings is 1. The molecule has 2 amide bonds. The van der Waals surface area contributed by atoms with Gasteiger partial charge in [0.1, 0.15) is 0 Å². The van der Waals surface area contributed by atoms with E-state index in [1.807, 2.05) is 24.3 Å². The fourth-order valence-electron chi connectivity index (χ4n) is 1.09. The molecule has 76 valence electrons. The van der Waals surface area contributed by atoms with E-state index < -0.39 is 0 Å². The van der Waals surface area contributed by atoms with Gasteiger partial charge in [0.05, 0.1) is 10.2 Å². The Morgan fingerprint density at radius 3 is 3.00 bits per heavy atom. The molecule has 0 spiro atoms. The standard InChI is InChI=1S/C9H9N3OS.2H2/c1-10-8(13)12-9-11-6-4-2-3-5-7(6)14-9;;/h2-5H,1H3,(H2,10,11,12,13);2*1H. The monoisotopic (exact) mass is 211 g/mol. The maximum atomic E-state index is 11.0. The fraction of sp³-hybridized carbons (Fsp3) is 0.111. The molecule has 2 rings (SSSR count). The maximum absolute atomic E-state index is 11.0. The molecule has 0 unspecified atom stereocenters. The number of benzene rings is 1. The molecule has 1 aromatic heterocycles. The Morgan fingerprint density at radius 2 is 2.29 bits per heavy atom. The number of carbonyl (C=O) groups excluding carboxylic acids is 1. The number of amides is 2. The van der Waals surface area contributed by atoms with Crippen molar-refractivity contribution >= 4 is 32.7 Å². The average Bonchev–Trinajstić information content (AvgIpc) is 2.59. The van der Waals surface area contributed by atoms with Crippen LogP contribution in [0, 0.1) is 0 Å². The lowest BCUT2D eigenvalue weighted by Crippen LogP contribution is -2.24. The number of rotatable bonds is 1. The van der Waals surface area contributed by atoms with Crippen molar-refractivity contribution in [3.63, 3.8) is 0 Å². The van der Waals surface area contributed by atoms with Crippen molar-refractivity contribution in [3.8, 4) is 0 Å². The van der Waals surface area contributed by atoms with Gasteiger partial charge >= 0.3 is 6.03 Å². The summed E-state index contributed by atoms with van der Waals surface area (Å²) in [5.41, 5.74) is 0.906. The predicted molar refractivity (Wildman–Crippen MR) is 61.9 cm³/mol. The Bertz CT molecular complexity index is 441. The first-order valence-corrected chi connectivity index (χ1v) is 4.95. The SMILES string of the molecule is CNC(=O)Nc1nc2ccccc2s1.[HH].[HH].